The van der Waals surface area contributed by atoms with Crippen LogP contribution in [0.25, 0.3) is 0 Å². The van der Waals surface area contributed by atoms with Gasteiger partial charge in [-0.25, -0.2) is 5.01 Å². The molecule has 3 saturated heterocycles. The monoisotopic (exact) mass is 292 g/mol. The van der Waals surface area contributed by atoms with E-state index in [-0.39, 0.29) is 0 Å². The van der Waals surface area contributed by atoms with Crippen molar-refractivity contribution in [2.45, 2.75) is 51.1 Å². The van der Waals surface area contributed by atoms with Gasteiger partial charge in [-0.3, -0.25) is 5.43 Å². The molecule has 21 heavy (non-hydrogen) atoms. The summed E-state index contributed by atoms with van der Waals surface area (Å²) in [6.07, 6.45) is 7.22. The second-order valence-corrected chi connectivity index (χ2v) is 7.74. The number of fused-ring (bicyclic) bond motifs is 3. The molecule has 0 aromatic carbocycles. The third-order valence-electron chi connectivity index (χ3n) is 6.85. The molecular weight excluding hydrogens is 260 g/mol. The molecule has 4 heteroatoms. The minimum atomic E-state index is 0.736. The highest BCUT2D eigenvalue weighted by Crippen LogP contribution is 2.43. The molecule has 0 bridgehead atoms. The Morgan fingerprint density at radius 3 is 2.76 bits per heavy atom. The molecule has 4 nitrogen and oxygen atoms in total. The molecule has 3 heterocycles. The van der Waals surface area contributed by atoms with Gasteiger partial charge in [0.15, 0.2) is 0 Å². The lowest BCUT2D eigenvalue weighted by Crippen LogP contribution is -2.58. The van der Waals surface area contributed by atoms with Crippen molar-refractivity contribution in [1.29, 1.82) is 0 Å². The molecule has 0 amide bonds. The molecule has 0 aromatic rings. The van der Waals surface area contributed by atoms with Crippen LogP contribution in [-0.2, 0) is 0 Å². The van der Waals surface area contributed by atoms with Crippen LogP contribution < -0.4 is 16.1 Å². The number of hydrazine groups is 1. The van der Waals surface area contributed by atoms with Gasteiger partial charge in [0.1, 0.15) is 0 Å². The third kappa shape index (κ3) is 2.65. The predicted molar refractivity (Wildman–Crippen MR) is 85.9 cm³/mol. The summed E-state index contributed by atoms with van der Waals surface area (Å²) in [5.74, 6) is 3.73. The Kier molecular flexibility index (Phi) is 4.23. The summed E-state index contributed by atoms with van der Waals surface area (Å²) in [6, 6.07) is 1.54. The van der Waals surface area contributed by atoms with Gasteiger partial charge in [0, 0.05) is 31.7 Å². The zero-order chi connectivity index (χ0) is 14.2. The van der Waals surface area contributed by atoms with Crippen molar-refractivity contribution in [2.24, 2.45) is 23.7 Å². The fraction of sp³-hybridized carbons (Fsp3) is 1.00. The molecule has 6 atom stereocenters. The summed E-state index contributed by atoms with van der Waals surface area (Å²) in [5.41, 5.74) is 3.66. The van der Waals surface area contributed by atoms with Crippen molar-refractivity contribution in [1.82, 2.24) is 21.1 Å². The third-order valence-corrected chi connectivity index (χ3v) is 6.85. The van der Waals surface area contributed by atoms with E-state index in [0.717, 1.165) is 42.3 Å². The van der Waals surface area contributed by atoms with E-state index < -0.39 is 0 Å². The molecule has 1 aliphatic carbocycles. The lowest BCUT2D eigenvalue weighted by atomic mass is 9.64. The standard InChI is InChI=1S/C17H32N4/c1-2-21-17-11-19-16-6-5-12(13-4-3-7-18-9-13)8-14(16)15(17)10-20-21/h12-20H,2-11H2,1H3. The fourth-order valence-electron chi connectivity index (χ4n) is 5.70. The van der Waals surface area contributed by atoms with E-state index >= 15 is 0 Å². The maximum Gasteiger partial charge on any atom is 0.0412 e. The number of piperidine rings is 2. The normalized spacial score (nSPS) is 47.9. The minimum Gasteiger partial charge on any atom is -0.316 e. The van der Waals surface area contributed by atoms with E-state index in [2.05, 4.69) is 28.0 Å². The SMILES string of the molecule is CCN1NCC2C3CC(C4CCCNC4)CCC3NCC21. The van der Waals surface area contributed by atoms with Crippen molar-refractivity contribution >= 4 is 0 Å². The van der Waals surface area contributed by atoms with Crippen molar-refractivity contribution in [3.8, 4) is 0 Å². The number of likely N-dealkylation sites (N-methyl/N-ethyl adjacent to an activating group) is 1. The first-order valence-corrected chi connectivity index (χ1v) is 9.31. The zero-order valence-electron chi connectivity index (χ0n) is 13.5. The number of nitrogens with one attached hydrogen (secondary N) is 3. The summed E-state index contributed by atoms with van der Waals surface area (Å²) in [6.45, 7) is 8.36. The molecule has 4 rings (SSSR count). The van der Waals surface area contributed by atoms with Gasteiger partial charge < -0.3 is 10.6 Å². The number of hydrogen-bond donors (Lipinski definition) is 3. The smallest absolute Gasteiger partial charge is 0.0412 e. The second kappa shape index (κ2) is 6.15. The van der Waals surface area contributed by atoms with Crippen LogP contribution in [0.3, 0.4) is 0 Å². The average molecular weight is 292 g/mol. The van der Waals surface area contributed by atoms with E-state index in [1.807, 2.05) is 0 Å². The fourth-order valence-corrected chi connectivity index (χ4v) is 5.70. The molecule has 0 aromatic heterocycles. The lowest BCUT2D eigenvalue weighted by Gasteiger charge is -2.48. The van der Waals surface area contributed by atoms with Crippen LogP contribution in [0, 0.1) is 23.7 Å². The van der Waals surface area contributed by atoms with Gasteiger partial charge in [0.05, 0.1) is 0 Å². The first-order valence-electron chi connectivity index (χ1n) is 9.31. The molecule has 0 radical (unpaired) electrons. The minimum absolute atomic E-state index is 0.736. The van der Waals surface area contributed by atoms with Crippen molar-refractivity contribution in [3.05, 3.63) is 0 Å². The molecule has 3 aliphatic heterocycles. The molecule has 1 saturated carbocycles. The van der Waals surface area contributed by atoms with Crippen LogP contribution in [0.15, 0.2) is 0 Å². The highest BCUT2D eigenvalue weighted by Gasteiger charge is 2.47. The largest absolute Gasteiger partial charge is 0.316 e. The van der Waals surface area contributed by atoms with Crippen LogP contribution >= 0.6 is 0 Å². The summed E-state index contributed by atoms with van der Waals surface area (Å²) in [5, 5.41) is 10.00. The van der Waals surface area contributed by atoms with E-state index in [1.165, 1.54) is 58.3 Å². The average Bonchev–Trinajstić information content (AvgIpc) is 2.98. The van der Waals surface area contributed by atoms with Crippen LogP contribution in [-0.4, -0.2) is 49.8 Å². The van der Waals surface area contributed by atoms with Gasteiger partial charge in [-0.2, -0.15) is 0 Å². The molecule has 6 unspecified atom stereocenters. The molecule has 120 valence electrons. The van der Waals surface area contributed by atoms with Gasteiger partial charge in [-0.1, -0.05) is 6.92 Å². The van der Waals surface area contributed by atoms with Gasteiger partial charge in [-0.15, -0.1) is 0 Å². The maximum absolute atomic E-state index is 3.88. The van der Waals surface area contributed by atoms with Gasteiger partial charge in [0.25, 0.3) is 0 Å². The van der Waals surface area contributed by atoms with Crippen LogP contribution in [0.4, 0.5) is 0 Å². The second-order valence-electron chi connectivity index (χ2n) is 7.74. The Hall–Kier alpha value is -0.160. The van der Waals surface area contributed by atoms with Gasteiger partial charge >= 0.3 is 0 Å². The van der Waals surface area contributed by atoms with E-state index in [0.29, 0.717) is 0 Å². The molecule has 3 N–H and O–H groups in total. The van der Waals surface area contributed by atoms with Crippen LogP contribution in [0.2, 0.25) is 0 Å². The first kappa shape index (κ1) is 14.4. The summed E-state index contributed by atoms with van der Waals surface area (Å²) in [7, 11) is 0. The lowest BCUT2D eigenvalue weighted by molar-refractivity contribution is 0.0491. The Morgan fingerprint density at radius 1 is 1.00 bits per heavy atom. The summed E-state index contributed by atoms with van der Waals surface area (Å²) in [4.78, 5) is 0. The topological polar surface area (TPSA) is 39.3 Å². The molecule has 4 aliphatic rings. The van der Waals surface area contributed by atoms with E-state index in [9.17, 15) is 0 Å². The molecule has 0 spiro atoms. The zero-order valence-corrected chi connectivity index (χ0v) is 13.5. The molecule has 4 fully saturated rings. The highest BCUT2D eigenvalue weighted by atomic mass is 15.6. The first-order chi connectivity index (χ1) is 10.4. The Balaban J connectivity index is 1.44. The molecular formula is C17H32N4. The summed E-state index contributed by atoms with van der Waals surface area (Å²) < 4.78 is 0. The van der Waals surface area contributed by atoms with E-state index in [4.69, 9.17) is 0 Å². The highest BCUT2D eigenvalue weighted by molar-refractivity contribution is 5.02. The van der Waals surface area contributed by atoms with Crippen LogP contribution in [0.5, 0.6) is 0 Å². The van der Waals surface area contributed by atoms with Crippen LogP contribution in [0.1, 0.15) is 39.0 Å². The Morgan fingerprint density at radius 2 is 1.95 bits per heavy atom. The Labute approximate surface area is 129 Å². The quantitative estimate of drug-likeness (QED) is 0.715. The van der Waals surface area contributed by atoms with Crippen molar-refractivity contribution in [2.75, 3.05) is 32.7 Å². The number of rotatable bonds is 2. The van der Waals surface area contributed by atoms with Crippen molar-refractivity contribution in [3.63, 3.8) is 0 Å². The van der Waals surface area contributed by atoms with E-state index in [1.54, 1.807) is 0 Å². The Bertz CT molecular complexity index is 355. The van der Waals surface area contributed by atoms with Crippen molar-refractivity contribution < 1.29 is 0 Å². The summed E-state index contributed by atoms with van der Waals surface area (Å²) >= 11 is 0. The van der Waals surface area contributed by atoms with Gasteiger partial charge in [0.2, 0.25) is 0 Å². The number of hydrogen-bond acceptors (Lipinski definition) is 4. The maximum atomic E-state index is 3.88. The number of nitrogens with zero attached hydrogens (tertiary/aromatic N) is 1. The predicted octanol–water partition coefficient (Wildman–Crippen LogP) is 1.20. The van der Waals surface area contributed by atoms with Gasteiger partial charge in [-0.05, 0) is 68.9 Å².